The zero-order chi connectivity index (χ0) is 43.1. The van der Waals surface area contributed by atoms with Gasteiger partial charge in [0.25, 0.3) is 0 Å². The lowest BCUT2D eigenvalue weighted by atomic mass is 9.62. The summed E-state index contributed by atoms with van der Waals surface area (Å²) in [5.74, 6) is 0. The number of nitrogens with one attached hydrogen (secondary N) is 1. The molecule has 0 heterocycles. The van der Waals surface area contributed by atoms with E-state index in [-0.39, 0.29) is 0 Å². The van der Waals surface area contributed by atoms with Crippen LogP contribution in [0, 0.1) is 20.8 Å². The summed E-state index contributed by atoms with van der Waals surface area (Å²) in [6.45, 7) is 11.3. The van der Waals surface area contributed by atoms with Crippen LogP contribution in [0.3, 0.4) is 0 Å². The molecule has 310 valence electrons. The number of nitrogens with zero attached hydrogens (tertiary/aromatic N) is 1. The van der Waals surface area contributed by atoms with Crippen LogP contribution in [0.5, 0.6) is 0 Å². The summed E-state index contributed by atoms with van der Waals surface area (Å²) in [5, 5.41) is 3.94. The van der Waals surface area contributed by atoms with Crippen molar-refractivity contribution in [1.29, 1.82) is 0 Å². The number of rotatable bonds is 13. The second kappa shape index (κ2) is 19.0. The predicted octanol–water partition coefficient (Wildman–Crippen LogP) is 15.9. The highest BCUT2D eigenvalue weighted by Crippen LogP contribution is 2.52. The number of benzene rings is 6. The van der Waals surface area contributed by atoms with Crippen molar-refractivity contribution in [1.82, 2.24) is 0 Å². The van der Waals surface area contributed by atoms with Crippen LogP contribution in [0.25, 0.3) is 16.7 Å². The van der Waals surface area contributed by atoms with Crippen molar-refractivity contribution in [2.75, 3.05) is 17.3 Å². The third-order valence-electron chi connectivity index (χ3n) is 12.8. The Morgan fingerprint density at radius 1 is 0.694 bits per heavy atom. The van der Waals surface area contributed by atoms with Crippen LogP contribution in [-0.4, -0.2) is 7.05 Å². The van der Waals surface area contributed by atoms with Crippen LogP contribution in [-0.2, 0) is 11.8 Å². The molecule has 0 fully saturated rings. The Morgan fingerprint density at radius 3 is 2.13 bits per heavy atom. The highest BCUT2D eigenvalue weighted by atomic mass is 15.1. The molecular formula is C60H60N2. The molecule has 2 heteroatoms. The summed E-state index contributed by atoms with van der Waals surface area (Å²) in [5.41, 5.74) is 20.4. The second-order valence-electron chi connectivity index (χ2n) is 16.9. The normalized spacial score (nSPS) is 15.1. The molecule has 6 aromatic carbocycles. The fraction of sp³-hybridized carbons (Fsp3) is 0.200. The summed E-state index contributed by atoms with van der Waals surface area (Å²) < 4.78 is 0. The number of likely N-dealkylation sites (N-methyl/N-ethyl adjacent to an activating group) is 1. The van der Waals surface area contributed by atoms with E-state index in [2.05, 4.69) is 240 Å². The maximum atomic E-state index is 3.94. The topological polar surface area (TPSA) is 15.3 Å². The Balaban J connectivity index is 1.38. The van der Waals surface area contributed by atoms with E-state index in [9.17, 15) is 0 Å². The van der Waals surface area contributed by atoms with Gasteiger partial charge in [-0.25, -0.2) is 0 Å². The maximum absolute atomic E-state index is 3.94. The first-order chi connectivity index (χ1) is 30.3. The molecule has 0 spiro atoms. The maximum Gasteiger partial charge on any atom is 0.0721 e. The summed E-state index contributed by atoms with van der Waals surface area (Å²) in [6, 6.07) is 51.2. The van der Waals surface area contributed by atoms with Crippen molar-refractivity contribution in [2.24, 2.45) is 0 Å². The lowest BCUT2D eigenvalue weighted by Crippen LogP contribution is -2.35. The number of aryl methyl sites for hydroxylation is 4. The van der Waals surface area contributed by atoms with Gasteiger partial charge in [-0.05, 0) is 145 Å². The number of anilines is 3. The molecule has 0 bridgehead atoms. The molecule has 1 N–H and O–H groups in total. The molecule has 0 radical (unpaired) electrons. The average molecular weight is 809 g/mol. The minimum absolute atomic E-state index is 0.568. The smallest absolute Gasteiger partial charge is 0.0721 e. The monoisotopic (exact) mass is 808 g/mol. The fourth-order valence-corrected chi connectivity index (χ4v) is 9.76. The highest BCUT2D eigenvalue weighted by molar-refractivity contribution is 5.93. The molecular weight excluding hydrogens is 749 g/mol. The molecule has 0 aliphatic heterocycles. The Bertz CT molecular complexity index is 2740. The molecule has 1 unspecified atom stereocenters. The first-order valence-electron chi connectivity index (χ1n) is 22.4. The van der Waals surface area contributed by atoms with E-state index >= 15 is 0 Å². The van der Waals surface area contributed by atoms with Gasteiger partial charge in [-0.15, -0.1) is 0 Å². The summed E-state index contributed by atoms with van der Waals surface area (Å²) >= 11 is 0. The van der Waals surface area contributed by atoms with Gasteiger partial charge in [0.2, 0.25) is 0 Å². The molecule has 0 saturated heterocycles. The van der Waals surface area contributed by atoms with Crippen molar-refractivity contribution < 1.29 is 0 Å². The van der Waals surface area contributed by atoms with Gasteiger partial charge in [0.05, 0.1) is 11.1 Å². The van der Waals surface area contributed by atoms with E-state index in [4.69, 9.17) is 0 Å². The van der Waals surface area contributed by atoms with Gasteiger partial charge >= 0.3 is 0 Å². The molecule has 8 rings (SSSR count). The van der Waals surface area contributed by atoms with Crippen LogP contribution in [0.4, 0.5) is 17.1 Å². The van der Waals surface area contributed by atoms with Gasteiger partial charge in [-0.1, -0.05) is 171 Å². The SMILES string of the molecule is CCc1ccccc1-c1c(C)ccc(/C(C)=C/C(=C\C2=CC=CCC2)N(C)c2c(C)cccc2C(C2=CCCC=C2)(c2ccccc2)c2ccccc2C)c1Nc1ccccc1. The van der Waals surface area contributed by atoms with Crippen molar-refractivity contribution >= 4 is 22.6 Å². The first kappa shape index (κ1) is 42.1. The average Bonchev–Trinajstić information content (AvgIpc) is 3.31. The molecule has 0 aromatic heterocycles. The number of hydrogen-bond acceptors (Lipinski definition) is 2. The van der Waals surface area contributed by atoms with E-state index in [1.807, 2.05) is 0 Å². The lowest BCUT2D eigenvalue weighted by molar-refractivity contribution is 0.721. The van der Waals surface area contributed by atoms with Gasteiger partial charge in [0.1, 0.15) is 0 Å². The van der Waals surface area contributed by atoms with Gasteiger partial charge < -0.3 is 10.2 Å². The summed E-state index contributed by atoms with van der Waals surface area (Å²) in [6.07, 6.45) is 23.9. The Labute approximate surface area is 371 Å². The van der Waals surface area contributed by atoms with E-state index < -0.39 is 5.41 Å². The predicted molar refractivity (Wildman–Crippen MR) is 267 cm³/mol. The third-order valence-corrected chi connectivity index (χ3v) is 12.8. The van der Waals surface area contributed by atoms with Gasteiger partial charge in [-0.2, -0.15) is 0 Å². The largest absolute Gasteiger partial charge is 0.355 e. The van der Waals surface area contributed by atoms with Crippen molar-refractivity contribution in [3.05, 3.63) is 249 Å². The zero-order valence-electron chi connectivity index (χ0n) is 37.4. The fourth-order valence-electron chi connectivity index (χ4n) is 9.76. The molecule has 0 saturated carbocycles. The lowest BCUT2D eigenvalue weighted by Gasteiger charge is -2.42. The number of allylic oxidation sites excluding steroid dienone is 11. The Kier molecular flexibility index (Phi) is 12.9. The van der Waals surface area contributed by atoms with Crippen LogP contribution in [0.15, 0.2) is 205 Å². The van der Waals surface area contributed by atoms with Crippen LogP contribution in [0.1, 0.15) is 84.0 Å². The van der Waals surface area contributed by atoms with Gasteiger partial charge in [-0.3, -0.25) is 0 Å². The van der Waals surface area contributed by atoms with Crippen LogP contribution in [0.2, 0.25) is 0 Å². The number of hydrogen-bond donors (Lipinski definition) is 1. The molecule has 0 amide bonds. The standard InChI is InChI=1S/C60H60N2/c1-7-48-29-21-22-36-54(48)57-44(3)39-40-53(58(57)61-51-34-18-11-19-35-51)46(5)41-52(42-47-27-12-8-13-28-47)62(6)59-45(4)26-24-38-56(59)60(49-30-14-9-15-31-49,50-32-16-10-17-33-50)55-37-23-20-25-43(55)2/h8-9,11-12,14-16,18-27,29-42,61H,7,10,13,17,28H2,1-6H3/b46-41+,52-42+. The molecule has 6 aromatic rings. The van der Waals surface area contributed by atoms with Crippen LogP contribution < -0.4 is 10.2 Å². The van der Waals surface area contributed by atoms with E-state index in [0.29, 0.717) is 0 Å². The van der Waals surface area contributed by atoms with Crippen molar-refractivity contribution in [2.45, 2.75) is 72.1 Å². The number of para-hydroxylation sites is 2. The third kappa shape index (κ3) is 8.35. The minimum Gasteiger partial charge on any atom is -0.355 e. The van der Waals surface area contributed by atoms with Crippen LogP contribution >= 0.6 is 0 Å². The Hall–Kier alpha value is -6.64. The van der Waals surface area contributed by atoms with Gasteiger partial charge in [0, 0.05) is 35.2 Å². The first-order valence-corrected chi connectivity index (χ1v) is 22.4. The summed E-state index contributed by atoms with van der Waals surface area (Å²) in [4.78, 5) is 2.47. The summed E-state index contributed by atoms with van der Waals surface area (Å²) in [7, 11) is 2.28. The molecule has 1 atom stereocenters. The highest BCUT2D eigenvalue weighted by Gasteiger charge is 2.43. The van der Waals surface area contributed by atoms with E-state index in [1.165, 1.54) is 78.0 Å². The molecule has 62 heavy (non-hydrogen) atoms. The van der Waals surface area contributed by atoms with Crippen molar-refractivity contribution in [3.8, 4) is 11.1 Å². The van der Waals surface area contributed by atoms with E-state index in [0.717, 1.165) is 49.2 Å². The molecule has 2 aliphatic carbocycles. The second-order valence-corrected chi connectivity index (χ2v) is 16.9. The van der Waals surface area contributed by atoms with Crippen molar-refractivity contribution in [3.63, 3.8) is 0 Å². The molecule has 2 aliphatic rings. The molecule has 2 nitrogen and oxygen atoms in total. The van der Waals surface area contributed by atoms with E-state index in [1.54, 1.807) is 0 Å². The van der Waals surface area contributed by atoms with Gasteiger partial charge in [0.15, 0.2) is 0 Å². The zero-order valence-corrected chi connectivity index (χ0v) is 37.4. The minimum atomic E-state index is -0.568. The Morgan fingerprint density at radius 2 is 1.40 bits per heavy atom. The quantitative estimate of drug-likeness (QED) is 0.0923.